The van der Waals surface area contributed by atoms with E-state index >= 15 is 0 Å². The number of alkyl halides is 1. The Hall–Kier alpha value is -2.37. The summed E-state index contributed by atoms with van der Waals surface area (Å²) in [5.41, 5.74) is 3.19. The molecule has 5 nitrogen and oxygen atoms in total. The van der Waals surface area contributed by atoms with Crippen LogP contribution in [0, 0.1) is 13.8 Å². The zero-order valence-electron chi connectivity index (χ0n) is 13.6. The van der Waals surface area contributed by atoms with Gasteiger partial charge in [-0.25, -0.2) is 4.79 Å². The first kappa shape index (κ1) is 17.5. The molecule has 3 aromatic rings. The summed E-state index contributed by atoms with van der Waals surface area (Å²) >= 11 is 12.6. The number of nitrogens with one attached hydrogen (secondary N) is 1. The van der Waals surface area contributed by atoms with E-state index in [1.54, 1.807) is 12.1 Å². The average Bonchev–Trinajstić information content (AvgIpc) is 2.54. The Morgan fingerprint density at radius 3 is 2.24 bits per heavy atom. The van der Waals surface area contributed by atoms with Crippen molar-refractivity contribution in [2.75, 3.05) is 0 Å². The topological polar surface area (TPSA) is 67.8 Å². The monoisotopic (exact) mass is 375 g/mol. The Labute approximate surface area is 153 Å². The third-order valence-corrected chi connectivity index (χ3v) is 4.67. The fraction of sp³-hybridized carbons (Fsp3) is 0.167. The van der Waals surface area contributed by atoms with Gasteiger partial charge in [0.25, 0.3) is 5.56 Å². The maximum atomic E-state index is 11.9. The number of aryl methyl sites for hydroxylation is 2. The van der Waals surface area contributed by atoms with Crippen LogP contribution in [0.25, 0.3) is 5.69 Å². The lowest BCUT2D eigenvalue weighted by Gasteiger charge is -2.18. The van der Waals surface area contributed by atoms with Crippen LogP contribution in [0.2, 0.25) is 5.02 Å². The van der Waals surface area contributed by atoms with Crippen molar-refractivity contribution >= 4 is 23.2 Å². The predicted octanol–water partition coefficient (Wildman–Crippen LogP) is 3.52. The minimum absolute atomic E-state index is 0.341. The smallest absolute Gasteiger partial charge is 0.271 e. The minimum Gasteiger partial charge on any atom is -0.271 e. The molecule has 3 rings (SSSR count). The molecule has 0 saturated heterocycles. The van der Waals surface area contributed by atoms with Crippen molar-refractivity contribution in [3.63, 3.8) is 0 Å². The van der Waals surface area contributed by atoms with Crippen molar-refractivity contribution in [3.8, 4) is 5.69 Å². The fourth-order valence-corrected chi connectivity index (χ4v) is 3.43. The molecule has 2 aromatic carbocycles. The van der Waals surface area contributed by atoms with Crippen LogP contribution >= 0.6 is 23.2 Å². The van der Waals surface area contributed by atoms with E-state index in [9.17, 15) is 9.59 Å². The number of rotatable bonds is 3. The number of benzene rings is 2. The van der Waals surface area contributed by atoms with E-state index in [0.29, 0.717) is 10.7 Å². The van der Waals surface area contributed by atoms with Gasteiger partial charge in [-0.2, -0.15) is 9.78 Å². The molecule has 25 heavy (non-hydrogen) atoms. The van der Waals surface area contributed by atoms with Gasteiger partial charge in [0.1, 0.15) is 6.20 Å². The second-order valence-corrected chi connectivity index (χ2v) is 6.63. The predicted molar refractivity (Wildman–Crippen MR) is 99.1 cm³/mol. The van der Waals surface area contributed by atoms with E-state index in [0.717, 1.165) is 33.1 Å². The lowest BCUT2D eigenvalue weighted by molar-refractivity contribution is 0.747. The molecular weight excluding hydrogens is 361 g/mol. The Bertz CT molecular complexity index is 1020. The quantitative estimate of drug-likeness (QED) is 0.712. The largest absolute Gasteiger partial charge is 0.349 e. The van der Waals surface area contributed by atoms with Gasteiger partial charge < -0.3 is 0 Å². The summed E-state index contributed by atoms with van der Waals surface area (Å²) in [6.07, 6.45) is 1.07. The molecule has 0 aliphatic rings. The molecule has 128 valence electrons. The number of H-pyrrole nitrogens is 1. The fourth-order valence-electron chi connectivity index (χ4n) is 2.81. The molecule has 1 atom stereocenters. The number of hydrogen-bond acceptors (Lipinski definition) is 3. The van der Waals surface area contributed by atoms with Gasteiger partial charge in [-0.1, -0.05) is 23.7 Å². The average molecular weight is 376 g/mol. The van der Waals surface area contributed by atoms with Gasteiger partial charge in [-0.15, -0.1) is 11.6 Å². The number of halogens is 2. The van der Waals surface area contributed by atoms with Gasteiger partial charge in [-0.05, 0) is 60.4 Å². The van der Waals surface area contributed by atoms with E-state index in [1.807, 2.05) is 38.1 Å². The highest BCUT2D eigenvalue weighted by molar-refractivity contribution is 6.30. The molecule has 0 aliphatic carbocycles. The zero-order valence-corrected chi connectivity index (χ0v) is 15.1. The van der Waals surface area contributed by atoms with Crippen molar-refractivity contribution in [1.82, 2.24) is 14.8 Å². The van der Waals surface area contributed by atoms with Crippen molar-refractivity contribution in [3.05, 3.63) is 90.7 Å². The van der Waals surface area contributed by atoms with Crippen LogP contribution in [0.1, 0.15) is 27.6 Å². The lowest BCUT2D eigenvalue weighted by atomic mass is 9.95. The normalized spacial score (nSPS) is 12.2. The molecule has 0 amide bonds. The molecule has 0 saturated carbocycles. The maximum Gasteiger partial charge on any atom is 0.349 e. The summed E-state index contributed by atoms with van der Waals surface area (Å²) in [5, 5.41) is 4.20. The molecule has 0 spiro atoms. The van der Waals surface area contributed by atoms with E-state index in [4.69, 9.17) is 23.2 Å². The Balaban J connectivity index is 2.07. The van der Waals surface area contributed by atoms with Crippen LogP contribution in [0.15, 0.2) is 52.2 Å². The van der Waals surface area contributed by atoms with Crippen LogP contribution in [0.4, 0.5) is 0 Å². The molecule has 1 unspecified atom stereocenters. The molecule has 7 heteroatoms. The van der Waals surface area contributed by atoms with Gasteiger partial charge in [0, 0.05) is 5.02 Å². The molecule has 0 radical (unpaired) electrons. The highest BCUT2D eigenvalue weighted by Gasteiger charge is 2.17. The third kappa shape index (κ3) is 3.52. The van der Waals surface area contributed by atoms with Gasteiger partial charge in [0.2, 0.25) is 0 Å². The second-order valence-electron chi connectivity index (χ2n) is 5.76. The van der Waals surface area contributed by atoms with Crippen molar-refractivity contribution in [1.29, 1.82) is 0 Å². The van der Waals surface area contributed by atoms with Crippen molar-refractivity contribution in [2.45, 2.75) is 19.2 Å². The Morgan fingerprint density at radius 1 is 1.08 bits per heavy atom. The Kier molecular flexibility index (Phi) is 4.79. The van der Waals surface area contributed by atoms with E-state index in [-0.39, 0.29) is 5.38 Å². The zero-order chi connectivity index (χ0) is 18.1. The van der Waals surface area contributed by atoms with Gasteiger partial charge in [0.05, 0.1) is 11.1 Å². The molecular formula is C18H15Cl2N3O2. The number of aromatic amines is 1. The van der Waals surface area contributed by atoms with Crippen LogP contribution in [-0.4, -0.2) is 14.8 Å². The first-order chi connectivity index (χ1) is 11.9. The summed E-state index contributed by atoms with van der Waals surface area (Å²) < 4.78 is 1.15. The first-order valence-electron chi connectivity index (χ1n) is 7.56. The van der Waals surface area contributed by atoms with Crippen LogP contribution < -0.4 is 11.2 Å². The molecule has 0 fully saturated rings. The molecule has 1 N–H and O–H groups in total. The summed E-state index contributed by atoms with van der Waals surface area (Å²) in [6.45, 7) is 3.85. The summed E-state index contributed by atoms with van der Waals surface area (Å²) in [5.74, 6) is 0. The third-order valence-electron chi connectivity index (χ3n) is 3.95. The van der Waals surface area contributed by atoms with E-state index < -0.39 is 11.2 Å². The van der Waals surface area contributed by atoms with Crippen molar-refractivity contribution in [2.24, 2.45) is 0 Å². The lowest BCUT2D eigenvalue weighted by Crippen LogP contribution is -2.30. The summed E-state index contributed by atoms with van der Waals surface area (Å²) in [4.78, 5) is 25.3. The van der Waals surface area contributed by atoms with Crippen LogP contribution in [0.5, 0.6) is 0 Å². The highest BCUT2D eigenvalue weighted by atomic mass is 35.5. The Morgan fingerprint density at radius 2 is 1.68 bits per heavy atom. The first-order valence-corrected chi connectivity index (χ1v) is 8.38. The minimum atomic E-state index is -0.584. The van der Waals surface area contributed by atoms with Crippen LogP contribution in [0.3, 0.4) is 0 Å². The summed E-state index contributed by atoms with van der Waals surface area (Å²) in [7, 11) is 0. The second kappa shape index (κ2) is 6.86. The summed E-state index contributed by atoms with van der Waals surface area (Å²) in [6, 6.07) is 11.0. The van der Waals surface area contributed by atoms with Gasteiger partial charge in [-0.3, -0.25) is 9.78 Å². The number of aromatic nitrogens is 3. The molecule has 1 heterocycles. The highest BCUT2D eigenvalue weighted by Crippen LogP contribution is 2.34. The van der Waals surface area contributed by atoms with Gasteiger partial charge >= 0.3 is 5.69 Å². The van der Waals surface area contributed by atoms with Crippen LogP contribution in [-0.2, 0) is 0 Å². The number of hydrogen-bond donors (Lipinski definition) is 1. The molecule has 0 aliphatic heterocycles. The molecule has 0 bridgehead atoms. The standard InChI is InChI=1S/C18H15Cl2N3O2/c1-10-7-14(23-18(25)22-15(24)9-21-23)8-11(2)16(10)17(20)12-3-5-13(19)6-4-12/h3-9,17H,1-2H3,(H,22,24,25). The van der Waals surface area contributed by atoms with E-state index in [2.05, 4.69) is 10.1 Å². The van der Waals surface area contributed by atoms with Crippen molar-refractivity contribution < 1.29 is 0 Å². The molecule has 1 aromatic heterocycles. The number of nitrogens with zero attached hydrogens (tertiary/aromatic N) is 2. The van der Waals surface area contributed by atoms with Gasteiger partial charge in [0.15, 0.2) is 0 Å². The SMILES string of the molecule is Cc1cc(-n2ncc(=O)[nH]c2=O)cc(C)c1C(Cl)c1ccc(Cl)cc1. The maximum absolute atomic E-state index is 11.9. The van der Waals surface area contributed by atoms with E-state index in [1.165, 1.54) is 0 Å².